The zero-order chi connectivity index (χ0) is 20.5. The number of hydrogen-bond donors (Lipinski definition) is 0. The van der Waals surface area contributed by atoms with Crippen molar-refractivity contribution < 1.29 is 18.4 Å². The lowest BCUT2D eigenvalue weighted by atomic mass is 10.1. The quantitative estimate of drug-likeness (QED) is 0.398. The number of aryl methyl sites for hydroxylation is 1. The van der Waals surface area contributed by atoms with Gasteiger partial charge in [-0.15, -0.1) is 0 Å². The fraction of sp³-hybridized carbons (Fsp3) is 0.130. The van der Waals surface area contributed by atoms with E-state index in [2.05, 4.69) is 0 Å². The molecule has 2 aromatic carbocycles. The van der Waals surface area contributed by atoms with Gasteiger partial charge in [0.15, 0.2) is 11.9 Å². The van der Waals surface area contributed by atoms with Gasteiger partial charge in [0.1, 0.15) is 5.58 Å². The highest BCUT2D eigenvalue weighted by atomic mass is 35.5. The Morgan fingerprint density at radius 1 is 1.10 bits per heavy atom. The van der Waals surface area contributed by atoms with Crippen molar-refractivity contribution in [2.75, 3.05) is 0 Å². The van der Waals surface area contributed by atoms with Gasteiger partial charge in [-0.25, -0.2) is 0 Å². The monoisotopic (exact) mass is 408 g/mol. The number of carbonyl (C=O) groups is 1. The maximum absolute atomic E-state index is 13.2. The number of hydrogen-bond acceptors (Lipinski definition) is 5. The van der Waals surface area contributed by atoms with Crippen LogP contribution in [-0.4, -0.2) is 11.9 Å². The molecule has 0 aliphatic rings. The Labute approximate surface area is 171 Å². The van der Waals surface area contributed by atoms with Gasteiger partial charge in [-0.1, -0.05) is 41.9 Å². The third kappa shape index (κ3) is 3.57. The summed E-state index contributed by atoms with van der Waals surface area (Å²) < 4.78 is 17.2. The van der Waals surface area contributed by atoms with E-state index >= 15 is 0 Å². The first-order chi connectivity index (χ1) is 14.0. The number of fused-ring (bicyclic) bond motifs is 1. The Kier molecular flexibility index (Phi) is 4.99. The van der Waals surface area contributed by atoms with E-state index < -0.39 is 11.5 Å². The molecule has 0 fully saturated rings. The van der Waals surface area contributed by atoms with E-state index in [1.807, 2.05) is 13.0 Å². The van der Waals surface area contributed by atoms with Crippen LogP contribution >= 0.6 is 11.6 Å². The van der Waals surface area contributed by atoms with E-state index in [1.165, 1.54) is 6.26 Å². The smallest absolute Gasteiger partial charge is 0.235 e. The highest BCUT2D eigenvalue weighted by molar-refractivity contribution is 6.32. The molecular weight excluding hydrogens is 392 g/mol. The van der Waals surface area contributed by atoms with Gasteiger partial charge in [0.2, 0.25) is 22.7 Å². The molecule has 4 aromatic rings. The molecule has 1 atom stereocenters. The molecule has 0 spiro atoms. The second-order valence-corrected chi connectivity index (χ2v) is 7.06. The first-order valence-electron chi connectivity index (χ1n) is 9.02. The predicted molar refractivity (Wildman–Crippen MR) is 111 cm³/mol. The lowest BCUT2D eigenvalue weighted by Gasteiger charge is -2.16. The summed E-state index contributed by atoms with van der Waals surface area (Å²) in [4.78, 5) is 25.9. The van der Waals surface area contributed by atoms with Crippen LogP contribution in [0.25, 0.3) is 22.5 Å². The molecule has 0 amide bonds. The average molecular weight is 409 g/mol. The Hall–Kier alpha value is -3.31. The second-order valence-electron chi connectivity index (χ2n) is 6.65. The third-order valence-electron chi connectivity index (χ3n) is 4.60. The van der Waals surface area contributed by atoms with Crippen LogP contribution in [0.2, 0.25) is 5.02 Å². The van der Waals surface area contributed by atoms with Crippen molar-refractivity contribution in [1.29, 1.82) is 0 Å². The second kappa shape index (κ2) is 7.60. The summed E-state index contributed by atoms with van der Waals surface area (Å²) in [5.41, 5.74) is 1.20. The molecule has 146 valence electrons. The topological polar surface area (TPSA) is 69.7 Å². The van der Waals surface area contributed by atoms with Crippen molar-refractivity contribution in [2.45, 2.75) is 20.0 Å². The number of ketones is 1. The lowest BCUT2D eigenvalue weighted by Crippen LogP contribution is -2.26. The Morgan fingerprint density at radius 3 is 2.55 bits per heavy atom. The Bertz CT molecular complexity index is 1240. The standard InChI is InChI=1S/C23H17ClO5/c1-13-11-19-16(12-17(13)24)21(26)23(22(29-19)18-9-6-10-27-18)28-14(2)20(25)15-7-4-3-5-8-15/h3-12,14H,1-2H3. The highest BCUT2D eigenvalue weighted by Gasteiger charge is 2.25. The van der Waals surface area contributed by atoms with Crippen LogP contribution < -0.4 is 10.2 Å². The van der Waals surface area contributed by atoms with Crippen molar-refractivity contribution in [2.24, 2.45) is 0 Å². The van der Waals surface area contributed by atoms with Crippen LogP contribution in [0.3, 0.4) is 0 Å². The molecule has 0 N–H and O–H groups in total. The number of Topliss-reactive ketones (excluding diaryl/α,β-unsaturated/α-hetero) is 1. The fourth-order valence-corrected chi connectivity index (χ4v) is 3.21. The molecule has 4 rings (SSSR count). The summed E-state index contributed by atoms with van der Waals surface area (Å²) in [5.74, 6) is 0.106. The molecule has 2 aromatic heterocycles. The molecular formula is C23H17ClO5. The molecule has 29 heavy (non-hydrogen) atoms. The number of benzene rings is 2. The fourth-order valence-electron chi connectivity index (χ4n) is 3.04. The normalized spacial score (nSPS) is 12.1. The van der Waals surface area contributed by atoms with E-state index in [-0.39, 0.29) is 22.7 Å². The Balaban J connectivity index is 1.85. The summed E-state index contributed by atoms with van der Waals surface area (Å²) in [7, 11) is 0. The van der Waals surface area contributed by atoms with E-state index in [4.69, 9.17) is 25.2 Å². The van der Waals surface area contributed by atoms with E-state index in [9.17, 15) is 9.59 Å². The molecule has 0 radical (unpaired) electrons. The van der Waals surface area contributed by atoms with Crippen LogP contribution in [0.15, 0.2) is 74.5 Å². The van der Waals surface area contributed by atoms with Crippen LogP contribution in [0.1, 0.15) is 22.8 Å². The van der Waals surface area contributed by atoms with Crippen molar-refractivity contribution in [3.8, 4) is 17.3 Å². The van der Waals surface area contributed by atoms with Gasteiger partial charge in [-0.05, 0) is 43.7 Å². The summed E-state index contributed by atoms with van der Waals surface area (Å²) in [6.45, 7) is 3.41. The maximum atomic E-state index is 13.2. The van der Waals surface area contributed by atoms with Gasteiger partial charge in [-0.2, -0.15) is 0 Å². The summed E-state index contributed by atoms with van der Waals surface area (Å²) in [5, 5.41) is 0.708. The number of ether oxygens (including phenoxy) is 1. The molecule has 6 heteroatoms. The van der Waals surface area contributed by atoms with Crippen LogP contribution in [-0.2, 0) is 0 Å². The van der Waals surface area contributed by atoms with Crippen molar-refractivity contribution in [1.82, 2.24) is 0 Å². The average Bonchev–Trinajstić information content (AvgIpc) is 3.26. The van der Waals surface area contributed by atoms with Crippen LogP contribution in [0, 0.1) is 6.92 Å². The zero-order valence-electron chi connectivity index (χ0n) is 15.8. The highest BCUT2D eigenvalue weighted by Crippen LogP contribution is 2.33. The van der Waals surface area contributed by atoms with E-state index in [0.717, 1.165) is 5.56 Å². The van der Waals surface area contributed by atoms with Crippen LogP contribution in [0.5, 0.6) is 5.75 Å². The molecule has 1 unspecified atom stereocenters. The zero-order valence-corrected chi connectivity index (χ0v) is 16.5. The Morgan fingerprint density at radius 2 is 1.86 bits per heavy atom. The number of halogens is 1. The van der Waals surface area contributed by atoms with E-state index in [1.54, 1.807) is 55.5 Å². The molecule has 0 aliphatic carbocycles. The van der Waals surface area contributed by atoms with Crippen molar-refractivity contribution in [3.05, 3.63) is 87.2 Å². The number of carbonyl (C=O) groups excluding carboxylic acids is 1. The molecule has 0 aliphatic heterocycles. The van der Waals surface area contributed by atoms with Gasteiger partial charge < -0.3 is 13.6 Å². The molecule has 0 saturated heterocycles. The third-order valence-corrected chi connectivity index (χ3v) is 5.00. The first-order valence-corrected chi connectivity index (χ1v) is 9.40. The minimum Gasteiger partial charge on any atom is -0.475 e. The maximum Gasteiger partial charge on any atom is 0.235 e. The van der Waals surface area contributed by atoms with Gasteiger partial charge in [0.05, 0.1) is 11.6 Å². The summed E-state index contributed by atoms with van der Waals surface area (Å²) >= 11 is 6.19. The largest absolute Gasteiger partial charge is 0.475 e. The molecule has 2 heterocycles. The number of rotatable bonds is 5. The summed E-state index contributed by atoms with van der Waals surface area (Å²) in [6.07, 6.45) is 0.557. The minimum absolute atomic E-state index is 0.0934. The van der Waals surface area contributed by atoms with Gasteiger partial charge >= 0.3 is 0 Å². The SMILES string of the molecule is Cc1cc2oc(-c3ccco3)c(OC(C)C(=O)c3ccccc3)c(=O)c2cc1Cl. The molecule has 5 nitrogen and oxygen atoms in total. The van der Waals surface area contributed by atoms with Crippen molar-refractivity contribution in [3.63, 3.8) is 0 Å². The molecule has 0 bridgehead atoms. The number of furan rings is 1. The van der Waals surface area contributed by atoms with Crippen molar-refractivity contribution >= 4 is 28.4 Å². The lowest BCUT2D eigenvalue weighted by molar-refractivity contribution is 0.0815. The van der Waals surface area contributed by atoms with Gasteiger partial charge in [-0.3, -0.25) is 9.59 Å². The minimum atomic E-state index is -0.910. The van der Waals surface area contributed by atoms with Gasteiger partial charge in [0, 0.05) is 10.6 Å². The van der Waals surface area contributed by atoms with Gasteiger partial charge in [0.25, 0.3) is 0 Å². The van der Waals surface area contributed by atoms with Crippen LogP contribution in [0.4, 0.5) is 0 Å². The predicted octanol–water partition coefficient (Wildman–Crippen LogP) is 5.67. The van der Waals surface area contributed by atoms with E-state index in [0.29, 0.717) is 21.9 Å². The summed E-state index contributed by atoms with van der Waals surface area (Å²) in [6, 6.07) is 15.3. The molecule has 0 saturated carbocycles. The first kappa shape index (κ1) is 19.0.